The summed E-state index contributed by atoms with van der Waals surface area (Å²) in [6, 6.07) is -1.90. The molecule has 0 aliphatic heterocycles. The molecule has 11 heavy (non-hydrogen) atoms. The average molecular weight is 163 g/mol. The highest BCUT2D eigenvalue weighted by Gasteiger charge is 2.36. The van der Waals surface area contributed by atoms with Crippen LogP contribution >= 0.6 is 0 Å². The third kappa shape index (κ3) is 2.50. The van der Waals surface area contributed by atoms with Crippen LogP contribution < -0.4 is 0 Å². The van der Waals surface area contributed by atoms with E-state index in [0.29, 0.717) is 0 Å². The SMILES string of the molecule is CCC(O)C(C(=O)O)[N+](=O)[O-]. The molecule has 0 aromatic heterocycles. The van der Waals surface area contributed by atoms with E-state index in [9.17, 15) is 14.9 Å². The molecule has 6 heteroatoms. The maximum atomic E-state index is 10.1. The van der Waals surface area contributed by atoms with Crippen LogP contribution in [0.3, 0.4) is 0 Å². The molecular formula is C5H9NO5. The van der Waals surface area contributed by atoms with Crippen molar-refractivity contribution < 1.29 is 19.9 Å². The summed E-state index contributed by atoms with van der Waals surface area (Å²) >= 11 is 0. The summed E-state index contributed by atoms with van der Waals surface area (Å²) in [4.78, 5) is 19.1. The average Bonchev–Trinajstić information content (AvgIpc) is 1.85. The molecule has 0 fully saturated rings. The van der Waals surface area contributed by atoms with Crippen molar-refractivity contribution in [2.45, 2.75) is 25.5 Å². The zero-order valence-electron chi connectivity index (χ0n) is 5.93. The third-order valence-corrected chi connectivity index (χ3v) is 1.26. The van der Waals surface area contributed by atoms with Gasteiger partial charge in [-0.05, 0) is 6.42 Å². The van der Waals surface area contributed by atoms with Crippen molar-refractivity contribution in [1.82, 2.24) is 0 Å². The van der Waals surface area contributed by atoms with Crippen molar-refractivity contribution in [1.29, 1.82) is 0 Å². The Morgan fingerprint density at radius 3 is 2.27 bits per heavy atom. The van der Waals surface area contributed by atoms with Gasteiger partial charge in [0.05, 0.1) is 0 Å². The zero-order chi connectivity index (χ0) is 9.02. The van der Waals surface area contributed by atoms with Crippen LogP contribution in [-0.2, 0) is 4.79 Å². The summed E-state index contributed by atoms with van der Waals surface area (Å²) in [5.74, 6) is -1.61. The van der Waals surface area contributed by atoms with Crippen LogP contribution in [-0.4, -0.2) is 33.3 Å². The van der Waals surface area contributed by atoms with E-state index in [1.165, 1.54) is 6.92 Å². The quantitative estimate of drug-likeness (QED) is 0.429. The van der Waals surface area contributed by atoms with E-state index >= 15 is 0 Å². The van der Waals surface area contributed by atoms with Gasteiger partial charge in [-0.15, -0.1) is 0 Å². The number of carboxylic acids is 1. The van der Waals surface area contributed by atoms with Gasteiger partial charge in [0.15, 0.2) is 0 Å². The van der Waals surface area contributed by atoms with E-state index < -0.39 is 23.0 Å². The first kappa shape index (κ1) is 9.83. The second-order valence-corrected chi connectivity index (χ2v) is 2.04. The van der Waals surface area contributed by atoms with Crippen molar-refractivity contribution in [2.24, 2.45) is 0 Å². The Bertz CT molecular complexity index is 154. The minimum absolute atomic E-state index is 0.0535. The van der Waals surface area contributed by atoms with Gasteiger partial charge in [-0.2, -0.15) is 0 Å². The van der Waals surface area contributed by atoms with Gasteiger partial charge in [-0.1, -0.05) is 6.92 Å². The lowest BCUT2D eigenvalue weighted by atomic mass is 10.1. The van der Waals surface area contributed by atoms with Crippen LogP contribution in [0.2, 0.25) is 0 Å². The molecule has 6 nitrogen and oxygen atoms in total. The fourth-order valence-electron chi connectivity index (χ4n) is 0.619. The van der Waals surface area contributed by atoms with Crippen molar-refractivity contribution in [3.8, 4) is 0 Å². The van der Waals surface area contributed by atoms with Gasteiger partial charge in [-0.3, -0.25) is 10.1 Å². The molecule has 2 unspecified atom stereocenters. The Morgan fingerprint density at radius 2 is 2.18 bits per heavy atom. The number of hydrogen-bond donors (Lipinski definition) is 2. The first-order valence-electron chi connectivity index (χ1n) is 3.05. The van der Waals surface area contributed by atoms with Gasteiger partial charge >= 0.3 is 12.0 Å². The number of carboxylic acid groups (broad SMARTS) is 1. The first-order valence-corrected chi connectivity index (χ1v) is 3.05. The van der Waals surface area contributed by atoms with Crippen LogP contribution in [0.1, 0.15) is 13.3 Å². The summed E-state index contributed by atoms with van der Waals surface area (Å²) in [5, 5.41) is 27.1. The molecule has 0 bridgehead atoms. The van der Waals surface area contributed by atoms with Gasteiger partial charge in [-0.25, -0.2) is 4.79 Å². The highest BCUT2D eigenvalue weighted by atomic mass is 16.6. The van der Waals surface area contributed by atoms with E-state index in [4.69, 9.17) is 10.2 Å². The molecule has 0 radical (unpaired) electrons. The Hall–Kier alpha value is -1.17. The third-order valence-electron chi connectivity index (χ3n) is 1.26. The maximum absolute atomic E-state index is 10.1. The summed E-state index contributed by atoms with van der Waals surface area (Å²) in [5.41, 5.74) is 0. The topological polar surface area (TPSA) is 101 Å². The number of aliphatic hydroxyl groups excluding tert-OH is 1. The molecule has 0 aromatic carbocycles. The van der Waals surface area contributed by atoms with Gasteiger partial charge in [0, 0.05) is 4.92 Å². The van der Waals surface area contributed by atoms with E-state index in [2.05, 4.69) is 0 Å². The normalized spacial score (nSPS) is 15.5. The van der Waals surface area contributed by atoms with Gasteiger partial charge < -0.3 is 10.2 Å². The zero-order valence-corrected chi connectivity index (χ0v) is 5.93. The Morgan fingerprint density at radius 1 is 1.73 bits per heavy atom. The molecule has 64 valence electrons. The monoisotopic (exact) mass is 163 g/mol. The van der Waals surface area contributed by atoms with Crippen molar-refractivity contribution in [2.75, 3.05) is 0 Å². The predicted molar refractivity (Wildman–Crippen MR) is 34.7 cm³/mol. The summed E-state index contributed by atoms with van der Waals surface area (Å²) < 4.78 is 0. The number of aliphatic hydroxyl groups is 1. The van der Waals surface area contributed by atoms with E-state index in [0.717, 1.165) is 0 Å². The lowest BCUT2D eigenvalue weighted by Crippen LogP contribution is -2.40. The highest BCUT2D eigenvalue weighted by molar-refractivity contribution is 5.72. The summed E-state index contributed by atoms with van der Waals surface area (Å²) in [6.45, 7) is 1.48. The fourth-order valence-corrected chi connectivity index (χ4v) is 0.619. The molecule has 0 saturated heterocycles. The minimum Gasteiger partial charge on any atom is -0.476 e. The van der Waals surface area contributed by atoms with Crippen molar-refractivity contribution >= 4 is 5.97 Å². The van der Waals surface area contributed by atoms with E-state index in [1.807, 2.05) is 0 Å². The number of hydrogen-bond acceptors (Lipinski definition) is 4. The first-order chi connectivity index (χ1) is 5.00. The molecule has 2 atom stereocenters. The molecule has 0 aliphatic rings. The number of nitrogens with zero attached hydrogens (tertiary/aromatic N) is 1. The molecule has 0 saturated carbocycles. The number of nitro groups is 1. The lowest BCUT2D eigenvalue weighted by molar-refractivity contribution is -0.521. The summed E-state index contributed by atoms with van der Waals surface area (Å²) in [6.07, 6.45) is -1.36. The number of rotatable bonds is 4. The highest BCUT2D eigenvalue weighted by Crippen LogP contribution is 2.02. The Balaban J connectivity index is 4.34. The minimum atomic E-state index is -1.90. The molecule has 0 heterocycles. The molecule has 2 N–H and O–H groups in total. The molecule has 0 aromatic rings. The largest absolute Gasteiger partial charge is 0.476 e. The lowest BCUT2D eigenvalue weighted by Gasteiger charge is -2.08. The van der Waals surface area contributed by atoms with E-state index in [1.54, 1.807) is 0 Å². The fraction of sp³-hybridized carbons (Fsp3) is 0.800. The summed E-state index contributed by atoms with van der Waals surface area (Å²) in [7, 11) is 0. The predicted octanol–water partition coefficient (Wildman–Crippen LogP) is -0.513. The van der Waals surface area contributed by atoms with Gasteiger partial charge in [0.1, 0.15) is 6.10 Å². The number of carbonyl (C=O) groups is 1. The van der Waals surface area contributed by atoms with Crippen LogP contribution in [0.25, 0.3) is 0 Å². The molecule has 0 amide bonds. The maximum Gasteiger partial charge on any atom is 0.382 e. The van der Waals surface area contributed by atoms with Crippen molar-refractivity contribution in [3.63, 3.8) is 0 Å². The van der Waals surface area contributed by atoms with Crippen LogP contribution in [0.4, 0.5) is 0 Å². The Kier molecular flexibility index (Phi) is 3.46. The van der Waals surface area contributed by atoms with Crippen LogP contribution in [0.5, 0.6) is 0 Å². The smallest absolute Gasteiger partial charge is 0.382 e. The van der Waals surface area contributed by atoms with Gasteiger partial charge in [0.25, 0.3) is 0 Å². The standard InChI is InChI=1S/C5H9NO5/c1-2-3(7)4(5(8)9)6(10)11/h3-4,7H,2H2,1H3,(H,8,9). The molecule has 0 aliphatic carbocycles. The number of aliphatic carboxylic acids is 1. The van der Waals surface area contributed by atoms with Crippen LogP contribution in [0.15, 0.2) is 0 Å². The van der Waals surface area contributed by atoms with Crippen molar-refractivity contribution in [3.05, 3.63) is 10.1 Å². The molecule has 0 spiro atoms. The molecular weight excluding hydrogens is 154 g/mol. The molecule has 0 rings (SSSR count). The Labute approximate surface area is 62.6 Å². The second kappa shape index (κ2) is 3.87. The van der Waals surface area contributed by atoms with Gasteiger partial charge in [0.2, 0.25) is 0 Å². The van der Waals surface area contributed by atoms with Crippen LogP contribution in [0, 0.1) is 10.1 Å². The van der Waals surface area contributed by atoms with E-state index in [-0.39, 0.29) is 6.42 Å². The second-order valence-electron chi connectivity index (χ2n) is 2.04.